The molecule has 0 saturated heterocycles. The Morgan fingerprint density at radius 2 is 1.21 bits per heavy atom. The summed E-state index contributed by atoms with van der Waals surface area (Å²) in [5.74, 6) is 0.851. The van der Waals surface area contributed by atoms with E-state index in [0.29, 0.717) is 19.6 Å². The molecule has 0 bridgehead atoms. The van der Waals surface area contributed by atoms with Gasteiger partial charge >= 0.3 is 0 Å². The van der Waals surface area contributed by atoms with Crippen molar-refractivity contribution in [2.24, 2.45) is 0 Å². The molecule has 3 rings (SSSR count). The van der Waals surface area contributed by atoms with Crippen LogP contribution in [0.3, 0.4) is 0 Å². The minimum atomic E-state index is -0.990. The zero-order valence-electron chi connectivity index (χ0n) is 23.1. The molecule has 0 atom stereocenters. The van der Waals surface area contributed by atoms with Gasteiger partial charge in [-0.05, 0) is 69.4 Å². The van der Waals surface area contributed by atoms with Gasteiger partial charge < -0.3 is 24.8 Å². The number of carbonyl (C=O) groups excluding carboxylic acids is 1. The molecule has 2 heterocycles. The van der Waals surface area contributed by atoms with Crippen LogP contribution in [-0.4, -0.2) is 73.3 Å². The van der Waals surface area contributed by atoms with Gasteiger partial charge in [0.2, 0.25) is 0 Å². The highest BCUT2D eigenvalue weighted by Gasteiger charge is 2.12. The summed E-state index contributed by atoms with van der Waals surface area (Å²) in [6.07, 6.45) is 11.8. The molecule has 0 saturated carbocycles. The first-order valence-electron chi connectivity index (χ1n) is 14.0. The van der Waals surface area contributed by atoms with Crippen LogP contribution in [0.1, 0.15) is 68.7 Å². The molecule has 0 spiro atoms. The Kier molecular flexibility index (Phi) is 13.0. The third-order valence-corrected chi connectivity index (χ3v) is 6.60. The second-order valence-corrected chi connectivity index (χ2v) is 9.98. The molecule has 0 aliphatic heterocycles. The zero-order chi connectivity index (χ0) is 27.0. The van der Waals surface area contributed by atoms with Crippen molar-refractivity contribution in [3.63, 3.8) is 0 Å². The van der Waals surface area contributed by atoms with Crippen LogP contribution >= 0.6 is 0 Å². The molecule has 0 amide bonds. The maximum atomic E-state index is 11.1. The number of aromatic nitrogens is 4. The van der Waals surface area contributed by atoms with Crippen LogP contribution in [0.4, 0.5) is 0 Å². The molecule has 38 heavy (non-hydrogen) atoms. The maximum Gasteiger partial charge on any atom is 0.120 e. The second kappa shape index (κ2) is 16.8. The molecular formula is C29H44N7O2-. The van der Waals surface area contributed by atoms with Gasteiger partial charge in [-0.15, -0.1) is 0 Å². The largest absolute Gasteiger partial charge is 0.550 e. The third-order valence-electron chi connectivity index (χ3n) is 6.60. The Morgan fingerprint density at radius 1 is 0.711 bits per heavy atom. The van der Waals surface area contributed by atoms with Crippen LogP contribution in [0.25, 0.3) is 0 Å². The standard InChI is InChI=1S/C29H45N7O2/c1-3-16-34(17-4-2)18-5-6-19-35(20-11-29(37)38)21-25-7-9-26(10-8-25)22-36(23-27-30-12-13-31-27)24-28-32-14-15-33-28/h7-10,12-15H,3-6,11,16-24H2,1-2H3,(H,30,31)(H,32,33)(H,37,38)/p-1. The first-order valence-corrected chi connectivity index (χ1v) is 14.0. The van der Waals surface area contributed by atoms with Gasteiger partial charge in [0.15, 0.2) is 0 Å². The molecule has 0 aliphatic carbocycles. The fraction of sp³-hybridized carbons (Fsp3) is 0.552. The van der Waals surface area contributed by atoms with E-state index in [9.17, 15) is 9.90 Å². The molecule has 1 aromatic carbocycles. The summed E-state index contributed by atoms with van der Waals surface area (Å²) >= 11 is 0. The molecule has 9 nitrogen and oxygen atoms in total. The van der Waals surface area contributed by atoms with Crippen molar-refractivity contribution < 1.29 is 9.90 Å². The summed E-state index contributed by atoms with van der Waals surface area (Å²) in [6.45, 7) is 12.2. The van der Waals surface area contributed by atoms with Crippen molar-refractivity contribution in [3.8, 4) is 0 Å². The molecule has 2 aromatic heterocycles. The number of aliphatic carboxylic acids is 1. The lowest BCUT2D eigenvalue weighted by molar-refractivity contribution is -0.305. The number of imidazole rings is 2. The van der Waals surface area contributed by atoms with Gasteiger partial charge in [0.1, 0.15) is 11.6 Å². The molecule has 2 N–H and O–H groups in total. The minimum absolute atomic E-state index is 0.0599. The quantitative estimate of drug-likeness (QED) is 0.220. The second-order valence-electron chi connectivity index (χ2n) is 9.98. The summed E-state index contributed by atoms with van der Waals surface area (Å²) in [4.78, 5) is 33.3. The van der Waals surface area contributed by atoms with Crippen LogP contribution in [0, 0.1) is 0 Å². The normalized spacial score (nSPS) is 11.7. The van der Waals surface area contributed by atoms with E-state index in [1.54, 1.807) is 12.4 Å². The highest BCUT2D eigenvalue weighted by atomic mass is 16.4. The van der Waals surface area contributed by atoms with E-state index in [1.165, 1.54) is 24.0 Å². The minimum Gasteiger partial charge on any atom is -0.550 e. The predicted octanol–water partition coefficient (Wildman–Crippen LogP) is 3.18. The van der Waals surface area contributed by atoms with Crippen LogP contribution in [0.5, 0.6) is 0 Å². The number of aromatic amines is 2. The number of hydrogen-bond acceptors (Lipinski definition) is 7. The maximum absolute atomic E-state index is 11.1. The molecule has 208 valence electrons. The highest BCUT2D eigenvalue weighted by Crippen LogP contribution is 2.14. The monoisotopic (exact) mass is 522 g/mol. The first-order chi connectivity index (χ1) is 18.6. The average molecular weight is 523 g/mol. The third kappa shape index (κ3) is 11.2. The number of nitrogens with zero attached hydrogens (tertiary/aromatic N) is 5. The van der Waals surface area contributed by atoms with E-state index in [0.717, 1.165) is 63.8 Å². The van der Waals surface area contributed by atoms with Crippen LogP contribution in [0.2, 0.25) is 0 Å². The highest BCUT2D eigenvalue weighted by molar-refractivity contribution is 5.64. The lowest BCUT2D eigenvalue weighted by Crippen LogP contribution is -2.32. The predicted molar refractivity (Wildman–Crippen MR) is 148 cm³/mol. The molecule has 0 fully saturated rings. The molecule has 9 heteroatoms. The first kappa shape index (κ1) is 29.5. The van der Waals surface area contributed by atoms with Gasteiger partial charge in [-0.2, -0.15) is 0 Å². The molecule has 0 aliphatic rings. The number of carbonyl (C=O) groups is 1. The van der Waals surface area contributed by atoms with Gasteiger partial charge in [-0.3, -0.25) is 9.80 Å². The Bertz CT molecular complexity index is 964. The van der Waals surface area contributed by atoms with Gasteiger partial charge in [0, 0.05) is 50.4 Å². The van der Waals surface area contributed by atoms with Crippen LogP contribution in [-0.2, 0) is 31.0 Å². The summed E-state index contributed by atoms with van der Waals surface area (Å²) < 4.78 is 0. The van der Waals surface area contributed by atoms with Crippen molar-refractivity contribution in [1.82, 2.24) is 34.6 Å². The van der Waals surface area contributed by atoms with E-state index >= 15 is 0 Å². The lowest BCUT2D eigenvalue weighted by Gasteiger charge is -2.25. The summed E-state index contributed by atoms with van der Waals surface area (Å²) in [7, 11) is 0. The number of carboxylic acid groups (broad SMARTS) is 1. The fourth-order valence-corrected chi connectivity index (χ4v) is 4.78. The smallest absolute Gasteiger partial charge is 0.120 e. The van der Waals surface area contributed by atoms with Gasteiger partial charge in [-0.25, -0.2) is 9.97 Å². The molecule has 0 unspecified atom stereocenters. The van der Waals surface area contributed by atoms with Crippen molar-refractivity contribution in [3.05, 3.63) is 71.8 Å². The summed E-state index contributed by atoms with van der Waals surface area (Å²) in [5.41, 5.74) is 2.40. The van der Waals surface area contributed by atoms with Crippen LogP contribution in [0.15, 0.2) is 49.1 Å². The topological polar surface area (TPSA) is 107 Å². The Balaban J connectivity index is 1.54. The van der Waals surface area contributed by atoms with Crippen molar-refractivity contribution in [2.45, 2.75) is 72.1 Å². The van der Waals surface area contributed by atoms with Gasteiger partial charge in [0.05, 0.1) is 13.1 Å². The SMILES string of the molecule is CCCN(CCC)CCCCN(CCC(=O)[O-])Cc1ccc(CN(Cc2ncc[nH]2)Cc2ncc[nH]2)cc1. The summed E-state index contributed by atoms with van der Waals surface area (Å²) in [5, 5.41) is 11.1. The number of unbranched alkanes of at least 4 members (excludes halogenated alkanes) is 1. The van der Waals surface area contributed by atoms with Gasteiger partial charge in [0.25, 0.3) is 0 Å². The Labute approximate surface area is 227 Å². The van der Waals surface area contributed by atoms with E-state index in [4.69, 9.17) is 0 Å². The van der Waals surface area contributed by atoms with Crippen molar-refractivity contribution in [1.29, 1.82) is 0 Å². The molecule has 3 aromatic rings. The number of benzene rings is 1. The number of nitrogens with one attached hydrogen (secondary N) is 2. The lowest BCUT2D eigenvalue weighted by atomic mass is 10.1. The number of hydrogen-bond donors (Lipinski definition) is 2. The fourth-order valence-electron chi connectivity index (χ4n) is 4.78. The van der Waals surface area contributed by atoms with Crippen molar-refractivity contribution >= 4 is 5.97 Å². The number of rotatable bonds is 20. The number of H-pyrrole nitrogens is 2. The van der Waals surface area contributed by atoms with E-state index in [1.807, 2.05) is 12.4 Å². The molecule has 0 radical (unpaired) electrons. The van der Waals surface area contributed by atoms with E-state index in [-0.39, 0.29) is 6.42 Å². The van der Waals surface area contributed by atoms with Gasteiger partial charge in [-0.1, -0.05) is 38.1 Å². The van der Waals surface area contributed by atoms with E-state index < -0.39 is 5.97 Å². The number of carboxylic acids is 1. The van der Waals surface area contributed by atoms with E-state index in [2.05, 4.69) is 72.7 Å². The van der Waals surface area contributed by atoms with Crippen LogP contribution < -0.4 is 5.11 Å². The average Bonchev–Trinajstić information content (AvgIpc) is 3.61. The summed E-state index contributed by atoms with van der Waals surface area (Å²) in [6, 6.07) is 8.64. The zero-order valence-corrected chi connectivity index (χ0v) is 23.1. The molecular weight excluding hydrogens is 478 g/mol. The Morgan fingerprint density at radius 3 is 1.66 bits per heavy atom. The Hall–Kier alpha value is -3.01. The van der Waals surface area contributed by atoms with Crippen molar-refractivity contribution in [2.75, 3.05) is 32.7 Å².